The molecule has 1 N–H and O–H groups in total. The van der Waals surface area contributed by atoms with Crippen LogP contribution in [0.1, 0.15) is 78.1 Å². The summed E-state index contributed by atoms with van der Waals surface area (Å²) in [6, 6.07) is 0. The summed E-state index contributed by atoms with van der Waals surface area (Å²) >= 11 is 0. The fourth-order valence-electron chi connectivity index (χ4n) is 3.16. The third kappa shape index (κ3) is 8.32. The minimum Gasteiger partial charge on any atom is -0.478 e. The van der Waals surface area contributed by atoms with Crippen LogP contribution in [-0.4, -0.2) is 23.1 Å². The molecule has 24 heavy (non-hydrogen) atoms. The number of hydrogen-bond donors (Lipinski definition) is 1. The third-order valence-corrected chi connectivity index (χ3v) is 4.65. The molecular weight excluding hydrogens is 304 g/mol. The van der Waals surface area contributed by atoms with Crippen LogP contribution >= 0.6 is 0 Å². The first kappa shape index (κ1) is 20.5. The normalized spacial score (nSPS) is 19.8. The monoisotopic (exact) mass is 336 g/mol. The molecular formula is C20H32O4. The molecule has 2 fully saturated rings. The molecule has 2 saturated carbocycles. The SMILES string of the molecule is C=C(C)C(=O)OC1CCCCC1.CC(=CC1CCCCC1)C(=O)O. The highest BCUT2D eigenvalue weighted by molar-refractivity contribution is 5.87. The van der Waals surface area contributed by atoms with Gasteiger partial charge >= 0.3 is 11.9 Å². The molecule has 0 amide bonds. The van der Waals surface area contributed by atoms with Gasteiger partial charge in [0.25, 0.3) is 0 Å². The summed E-state index contributed by atoms with van der Waals surface area (Å²) in [5.74, 6) is -0.489. The van der Waals surface area contributed by atoms with Crippen molar-refractivity contribution in [3.8, 4) is 0 Å². The van der Waals surface area contributed by atoms with Gasteiger partial charge in [-0.05, 0) is 58.3 Å². The van der Waals surface area contributed by atoms with Gasteiger partial charge in [0.2, 0.25) is 0 Å². The molecule has 4 heteroatoms. The van der Waals surface area contributed by atoms with Gasteiger partial charge in [0, 0.05) is 11.1 Å². The van der Waals surface area contributed by atoms with E-state index >= 15 is 0 Å². The lowest BCUT2D eigenvalue weighted by molar-refractivity contribution is -0.145. The lowest BCUT2D eigenvalue weighted by Crippen LogP contribution is -2.20. The highest BCUT2D eigenvalue weighted by Crippen LogP contribution is 2.25. The molecule has 2 aliphatic rings. The number of allylic oxidation sites excluding steroid dienone is 1. The fourth-order valence-corrected chi connectivity index (χ4v) is 3.16. The van der Waals surface area contributed by atoms with Crippen LogP contribution in [0.15, 0.2) is 23.8 Å². The van der Waals surface area contributed by atoms with Crippen LogP contribution < -0.4 is 0 Å². The van der Waals surface area contributed by atoms with E-state index in [1.807, 2.05) is 6.08 Å². The smallest absolute Gasteiger partial charge is 0.333 e. The molecule has 0 aromatic heterocycles. The molecule has 0 aromatic rings. The fraction of sp³-hybridized carbons (Fsp3) is 0.700. The van der Waals surface area contributed by atoms with Crippen LogP contribution in [0.2, 0.25) is 0 Å². The number of esters is 1. The summed E-state index contributed by atoms with van der Waals surface area (Å²) in [4.78, 5) is 21.6. The number of carboxylic acids is 1. The number of ether oxygens (including phenoxy) is 1. The van der Waals surface area contributed by atoms with Crippen molar-refractivity contribution in [3.63, 3.8) is 0 Å². The van der Waals surface area contributed by atoms with Gasteiger partial charge < -0.3 is 9.84 Å². The summed E-state index contributed by atoms with van der Waals surface area (Å²) in [5, 5.41) is 8.64. The molecule has 4 nitrogen and oxygen atoms in total. The lowest BCUT2D eigenvalue weighted by Gasteiger charge is -2.21. The van der Waals surface area contributed by atoms with E-state index in [9.17, 15) is 9.59 Å². The second-order valence-corrected chi connectivity index (χ2v) is 7.00. The molecule has 2 rings (SSSR count). The summed E-state index contributed by atoms with van der Waals surface area (Å²) in [7, 11) is 0. The van der Waals surface area contributed by atoms with Crippen LogP contribution in [0, 0.1) is 5.92 Å². The number of hydrogen-bond acceptors (Lipinski definition) is 3. The van der Waals surface area contributed by atoms with Crippen LogP contribution in [-0.2, 0) is 14.3 Å². The number of rotatable bonds is 4. The van der Waals surface area contributed by atoms with Crippen molar-refractivity contribution in [2.75, 3.05) is 0 Å². The molecule has 0 radical (unpaired) electrons. The minimum atomic E-state index is -0.777. The Bertz CT molecular complexity index is 452. The van der Waals surface area contributed by atoms with Gasteiger partial charge in [0.05, 0.1) is 0 Å². The Morgan fingerprint density at radius 2 is 1.46 bits per heavy atom. The first-order valence-corrected chi connectivity index (χ1v) is 9.18. The van der Waals surface area contributed by atoms with E-state index in [4.69, 9.17) is 9.84 Å². The van der Waals surface area contributed by atoms with E-state index in [1.54, 1.807) is 13.8 Å². The Hall–Kier alpha value is -1.58. The highest BCUT2D eigenvalue weighted by atomic mass is 16.5. The molecule has 0 saturated heterocycles. The molecule has 0 aliphatic heterocycles. The molecule has 136 valence electrons. The Labute approximate surface area is 146 Å². The maximum Gasteiger partial charge on any atom is 0.333 e. The maximum absolute atomic E-state index is 11.1. The third-order valence-electron chi connectivity index (χ3n) is 4.65. The molecule has 0 spiro atoms. The lowest BCUT2D eigenvalue weighted by atomic mass is 9.88. The first-order chi connectivity index (χ1) is 11.4. The molecule has 0 atom stereocenters. The van der Waals surface area contributed by atoms with E-state index in [1.165, 1.54) is 51.4 Å². The van der Waals surface area contributed by atoms with Crippen LogP contribution in [0.3, 0.4) is 0 Å². The van der Waals surface area contributed by atoms with Crippen molar-refractivity contribution in [2.45, 2.75) is 84.2 Å². The number of carbonyl (C=O) groups excluding carboxylic acids is 1. The van der Waals surface area contributed by atoms with E-state index < -0.39 is 5.97 Å². The zero-order chi connectivity index (χ0) is 17.9. The van der Waals surface area contributed by atoms with Gasteiger partial charge in [-0.3, -0.25) is 0 Å². The number of carboxylic acid groups (broad SMARTS) is 1. The summed E-state index contributed by atoms with van der Waals surface area (Å²) in [5.41, 5.74) is 1.00. The first-order valence-electron chi connectivity index (χ1n) is 9.18. The zero-order valence-corrected chi connectivity index (χ0v) is 15.2. The largest absolute Gasteiger partial charge is 0.478 e. The topological polar surface area (TPSA) is 63.6 Å². The Balaban J connectivity index is 0.000000240. The van der Waals surface area contributed by atoms with Gasteiger partial charge in [-0.15, -0.1) is 0 Å². The van der Waals surface area contributed by atoms with Gasteiger partial charge in [0.15, 0.2) is 0 Å². The molecule has 0 unspecified atom stereocenters. The van der Waals surface area contributed by atoms with Crippen LogP contribution in [0.5, 0.6) is 0 Å². The summed E-state index contributed by atoms with van der Waals surface area (Å²) in [6.07, 6.45) is 14.0. The number of carbonyl (C=O) groups is 2. The van der Waals surface area contributed by atoms with E-state index in [2.05, 4.69) is 6.58 Å². The van der Waals surface area contributed by atoms with Gasteiger partial charge in [-0.25, -0.2) is 9.59 Å². The van der Waals surface area contributed by atoms with E-state index in [0.29, 0.717) is 17.1 Å². The van der Waals surface area contributed by atoms with Crippen molar-refractivity contribution >= 4 is 11.9 Å². The van der Waals surface area contributed by atoms with E-state index in [0.717, 1.165) is 12.8 Å². The molecule has 0 aromatic carbocycles. The average molecular weight is 336 g/mol. The molecule has 0 heterocycles. The van der Waals surface area contributed by atoms with Crippen molar-refractivity contribution in [1.82, 2.24) is 0 Å². The Morgan fingerprint density at radius 1 is 0.958 bits per heavy atom. The van der Waals surface area contributed by atoms with Gasteiger partial charge in [-0.1, -0.05) is 38.3 Å². The van der Waals surface area contributed by atoms with Crippen molar-refractivity contribution < 1.29 is 19.4 Å². The Kier molecular flexibility index (Phi) is 9.43. The van der Waals surface area contributed by atoms with Crippen molar-refractivity contribution in [2.24, 2.45) is 5.92 Å². The summed E-state index contributed by atoms with van der Waals surface area (Å²) in [6.45, 7) is 6.91. The van der Waals surface area contributed by atoms with Crippen molar-refractivity contribution in [3.05, 3.63) is 23.8 Å². The van der Waals surface area contributed by atoms with Gasteiger partial charge in [0.1, 0.15) is 6.10 Å². The predicted octanol–water partition coefficient (Wildman–Crippen LogP) is 5.04. The van der Waals surface area contributed by atoms with E-state index in [-0.39, 0.29) is 12.1 Å². The zero-order valence-electron chi connectivity index (χ0n) is 15.2. The van der Waals surface area contributed by atoms with Gasteiger partial charge in [-0.2, -0.15) is 0 Å². The highest BCUT2D eigenvalue weighted by Gasteiger charge is 2.17. The maximum atomic E-state index is 11.1. The Morgan fingerprint density at radius 3 is 1.92 bits per heavy atom. The molecule has 0 bridgehead atoms. The minimum absolute atomic E-state index is 0.156. The second-order valence-electron chi connectivity index (χ2n) is 7.00. The second kappa shape index (κ2) is 11.1. The molecule has 2 aliphatic carbocycles. The average Bonchev–Trinajstić information content (AvgIpc) is 2.57. The van der Waals surface area contributed by atoms with Crippen molar-refractivity contribution in [1.29, 1.82) is 0 Å². The number of aliphatic carboxylic acids is 1. The van der Waals surface area contributed by atoms with Crippen LogP contribution in [0.25, 0.3) is 0 Å². The summed E-state index contributed by atoms with van der Waals surface area (Å²) < 4.78 is 5.21. The van der Waals surface area contributed by atoms with Crippen LogP contribution in [0.4, 0.5) is 0 Å². The standard InChI is InChI=1S/2C10H16O2/c1-8(2)10(11)12-9-6-4-3-5-7-9;1-8(10(11)12)7-9-5-3-2-4-6-9/h9H,1,3-7H2,2H3;7,9H,2-6H2,1H3,(H,11,12). The quantitative estimate of drug-likeness (QED) is 0.577. The predicted molar refractivity (Wildman–Crippen MR) is 95.7 cm³/mol.